The molecule has 0 saturated carbocycles. The quantitative estimate of drug-likeness (QED) is 0.754. The number of morpholine rings is 1. The molecule has 1 atom stereocenters. The average Bonchev–Trinajstić information content (AvgIpc) is 2.19. The van der Waals surface area contributed by atoms with E-state index in [9.17, 15) is 0 Å². The zero-order valence-electron chi connectivity index (χ0n) is 7.57. The summed E-state index contributed by atoms with van der Waals surface area (Å²) in [6, 6.07) is 4.08. The first-order chi connectivity index (χ1) is 6.36. The molecule has 2 rings (SSSR count). The normalized spacial score (nSPS) is 21.4. The minimum absolute atomic E-state index is 0. The summed E-state index contributed by atoms with van der Waals surface area (Å²) in [4.78, 5) is 3.93. The Kier molecular flexibility index (Phi) is 4.62. The first kappa shape index (κ1) is 11.7. The lowest BCUT2D eigenvalue weighted by atomic mass is 10.1. The Bertz CT molecular complexity index is 290. The van der Waals surface area contributed by atoms with Crippen molar-refractivity contribution in [3.63, 3.8) is 0 Å². The highest BCUT2D eigenvalue weighted by atomic mass is 35.5. The van der Waals surface area contributed by atoms with E-state index >= 15 is 0 Å². The average molecular weight is 235 g/mol. The first-order valence-electron chi connectivity index (χ1n) is 4.29. The largest absolute Gasteiger partial charge is 0.378 e. The van der Waals surface area contributed by atoms with Gasteiger partial charge in [0.15, 0.2) is 0 Å². The molecule has 1 aliphatic heterocycles. The second kappa shape index (κ2) is 5.51. The Morgan fingerprint density at radius 1 is 1.57 bits per heavy atom. The van der Waals surface area contributed by atoms with E-state index in [1.165, 1.54) is 0 Å². The van der Waals surface area contributed by atoms with Crippen LogP contribution in [0.25, 0.3) is 0 Å². The van der Waals surface area contributed by atoms with Crippen molar-refractivity contribution in [2.24, 2.45) is 0 Å². The van der Waals surface area contributed by atoms with Gasteiger partial charge in [0.2, 0.25) is 0 Å². The maximum absolute atomic E-state index is 5.78. The van der Waals surface area contributed by atoms with Gasteiger partial charge in [0.05, 0.1) is 19.3 Å². The molecule has 78 valence electrons. The SMILES string of the molecule is Cl.Clc1cc(C2COCCN2)ccn1. The summed E-state index contributed by atoms with van der Waals surface area (Å²) >= 11 is 5.78. The summed E-state index contributed by atoms with van der Waals surface area (Å²) in [5.41, 5.74) is 1.14. The molecule has 1 aromatic rings. The monoisotopic (exact) mass is 234 g/mol. The van der Waals surface area contributed by atoms with Gasteiger partial charge in [-0.15, -0.1) is 12.4 Å². The third-order valence-corrected chi connectivity index (χ3v) is 2.28. The van der Waals surface area contributed by atoms with Gasteiger partial charge in [0.25, 0.3) is 0 Å². The lowest BCUT2D eigenvalue weighted by molar-refractivity contribution is 0.0768. The van der Waals surface area contributed by atoms with Gasteiger partial charge in [-0.2, -0.15) is 0 Å². The van der Waals surface area contributed by atoms with Gasteiger partial charge in [-0.05, 0) is 17.7 Å². The Hall–Kier alpha value is -0.350. The van der Waals surface area contributed by atoms with Crippen LogP contribution in [0.2, 0.25) is 5.15 Å². The van der Waals surface area contributed by atoms with Crippen molar-refractivity contribution in [2.75, 3.05) is 19.8 Å². The molecule has 1 fully saturated rings. The maximum atomic E-state index is 5.78. The summed E-state index contributed by atoms with van der Waals surface area (Å²) < 4.78 is 5.35. The van der Waals surface area contributed by atoms with Crippen LogP contribution >= 0.6 is 24.0 Å². The standard InChI is InChI=1S/C9H11ClN2O.ClH/c10-9-5-7(1-2-12-9)8-6-13-4-3-11-8;/h1-2,5,8,11H,3-4,6H2;1H. The van der Waals surface area contributed by atoms with Crippen LogP contribution in [-0.2, 0) is 4.74 Å². The summed E-state index contributed by atoms with van der Waals surface area (Å²) in [6.07, 6.45) is 1.72. The smallest absolute Gasteiger partial charge is 0.129 e. The number of hydrogen-bond acceptors (Lipinski definition) is 3. The molecule has 0 amide bonds. The Balaban J connectivity index is 0.000000980. The highest BCUT2D eigenvalue weighted by Crippen LogP contribution is 2.17. The van der Waals surface area contributed by atoms with Crippen LogP contribution in [0.4, 0.5) is 0 Å². The minimum Gasteiger partial charge on any atom is -0.378 e. The van der Waals surface area contributed by atoms with Crippen LogP contribution in [0, 0.1) is 0 Å². The Morgan fingerprint density at radius 3 is 3.07 bits per heavy atom. The molecule has 1 aromatic heterocycles. The number of rotatable bonds is 1. The van der Waals surface area contributed by atoms with Crippen LogP contribution in [0.5, 0.6) is 0 Å². The molecule has 0 radical (unpaired) electrons. The fourth-order valence-corrected chi connectivity index (χ4v) is 1.60. The third-order valence-electron chi connectivity index (χ3n) is 2.07. The van der Waals surface area contributed by atoms with E-state index in [2.05, 4.69) is 10.3 Å². The van der Waals surface area contributed by atoms with E-state index in [0.717, 1.165) is 18.7 Å². The molecule has 1 aliphatic rings. The highest BCUT2D eigenvalue weighted by Gasteiger charge is 2.14. The van der Waals surface area contributed by atoms with Crippen LogP contribution in [0.1, 0.15) is 11.6 Å². The molecular formula is C9H12Cl2N2O. The van der Waals surface area contributed by atoms with Crippen molar-refractivity contribution in [3.8, 4) is 0 Å². The predicted molar refractivity (Wildman–Crippen MR) is 58.1 cm³/mol. The number of ether oxygens (including phenoxy) is 1. The van der Waals surface area contributed by atoms with Crippen LogP contribution in [0.15, 0.2) is 18.3 Å². The Morgan fingerprint density at radius 2 is 2.43 bits per heavy atom. The molecule has 1 saturated heterocycles. The lowest BCUT2D eigenvalue weighted by Gasteiger charge is -2.23. The van der Waals surface area contributed by atoms with Gasteiger partial charge < -0.3 is 10.1 Å². The van der Waals surface area contributed by atoms with Crippen molar-refractivity contribution < 1.29 is 4.74 Å². The van der Waals surface area contributed by atoms with Gasteiger partial charge in [0.1, 0.15) is 5.15 Å². The molecular weight excluding hydrogens is 223 g/mol. The van der Waals surface area contributed by atoms with E-state index in [-0.39, 0.29) is 18.4 Å². The molecule has 5 heteroatoms. The number of hydrogen-bond donors (Lipinski definition) is 1. The lowest BCUT2D eigenvalue weighted by Crippen LogP contribution is -2.34. The number of halogens is 2. The molecule has 0 bridgehead atoms. The molecule has 1 N–H and O–H groups in total. The number of pyridine rings is 1. The predicted octanol–water partition coefficient (Wildman–Crippen LogP) is 1.82. The summed E-state index contributed by atoms with van der Waals surface area (Å²) in [7, 11) is 0. The van der Waals surface area contributed by atoms with Crippen molar-refractivity contribution in [1.82, 2.24) is 10.3 Å². The van der Waals surface area contributed by atoms with E-state index in [0.29, 0.717) is 11.8 Å². The molecule has 0 spiro atoms. The molecule has 1 unspecified atom stereocenters. The topological polar surface area (TPSA) is 34.1 Å². The molecule has 0 aliphatic carbocycles. The van der Waals surface area contributed by atoms with E-state index in [1.807, 2.05) is 12.1 Å². The zero-order valence-corrected chi connectivity index (χ0v) is 9.14. The number of aromatic nitrogens is 1. The van der Waals surface area contributed by atoms with Gasteiger partial charge in [-0.3, -0.25) is 0 Å². The minimum atomic E-state index is 0. The molecule has 14 heavy (non-hydrogen) atoms. The molecule has 0 aromatic carbocycles. The summed E-state index contributed by atoms with van der Waals surface area (Å²) in [5, 5.41) is 3.88. The van der Waals surface area contributed by atoms with Crippen molar-refractivity contribution in [3.05, 3.63) is 29.0 Å². The van der Waals surface area contributed by atoms with Crippen molar-refractivity contribution in [2.45, 2.75) is 6.04 Å². The zero-order chi connectivity index (χ0) is 9.10. The van der Waals surface area contributed by atoms with E-state index in [4.69, 9.17) is 16.3 Å². The highest BCUT2D eigenvalue weighted by molar-refractivity contribution is 6.29. The van der Waals surface area contributed by atoms with Crippen LogP contribution in [-0.4, -0.2) is 24.7 Å². The third kappa shape index (κ3) is 2.82. The van der Waals surface area contributed by atoms with Crippen LogP contribution < -0.4 is 5.32 Å². The fraction of sp³-hybridized carbons (Fsp3) is 0.444. The number of nitrogens with zero attached hydrogens (tertiary/aromatic N) is 1. The first-order valence-corrected chi connectivity index (χ1v) is 4.66. The maximum Gasteiger partial charge on any atom is 0.129 e. The van der Waals surface area contributed by atoms with E-state index in [1.54, 1.807) is 6.20 Å². The summed E-state index contributed by atoms with van der Waals surface area (Å²) in [6.45, 7) is 2.39. The summed E-state index contributed by atoms with van der Waals surface area (Å²) in [5.74, 6) is 0. The second-order valence-electron chi connectivity index (χ2n) is 2.99. The Labute approximate surface area is 94.2 Å². The van der Waals surface area contributed by atoms with Gasteiger partial charge >= 0.3 is 0 Å². The van der Waals surface area contributed by atoms with Crippen molar-refractivity contribution >= 4 is 24.0 Å². The fourth-order valence-electron chi connectivity index (χ4n) is 1.41. The number of nitrogens with one attached hydrogen (secondary N) is 1. The van der Waals surface area contributed by atoms with Gasteiger partial charge in [-0.25, -0.2) is 4.98 Å². The molecule has 3 nitrogen and oxygen atoms in total. The van der Waals surface area contributed by atoms with Gasteiger partial charge in [-0.1, -0.05) is 11.6 Å². The molecule has 2 heterocycles. The van der Waals surface area contributed by atoms with Crippen LogP contribution in [0.3, 0.4) is 0 Å². The van der Waals surface area contributed by atoms with Gasteiger partial charge in [0, 0.05) is 12.7 Å². The van der Waals surface area contributed by atoms with E-state index < -0.39 is 0 Å². The van der Waals surface area contributed by atoms with Crippen molar-refractivity contribution in [1.29, 1.82) is 0 Å². The second-order valence-corrected chi connectivity index (χ2v) is 3.38.